The number of para-hydroxylation sites is 2. The number of anilines is 1. The van der Waals surface area contributed by atoms with Gasteiger partial charge in [0.15, 0.2) is 0 Å². The van der Waals surface area contributed by atoms with Gasteiger partial charge in [0, 0.05) is 18.5 Å². The van der Waals surface area contributed by atoms with Gasteiger partial charge in [0.25, 0.3) is 0 Å². The van der Waals surface area contributed by atoms with Crippen LogP contribution in [0.1, 0.15) is 45.1 Å². The lowest BCUT2D eigenvalue weighted by molar-refractivity contribution is -0.119. The molecule has 5 nitrogen and oxygen atoms in total. The molecule has 1 atom stereocenters. The molecule has 1 fully saturated rings. The highest BCUT2D eigenvalue weighted by Crippen LogP contribution is 2.34. The van der Waals surface area contributed by atoms with Crippen molar-refractivity contribution in [2.24, 2.45) is 11.7 Å². The fraction of sp³-hybridized carbons (Fsp3) is 0.529. The molecule has 1 aliphatic rings. The topological polar surface area (TPSA) is 72.9 Å². The molecule has 1 unspecified atom stereocenters. The van der Waals surface area contributed by atoms with Crippen molar-refractivity contribution in [2.75, 3.05) is 11.9 Å². The summed E-state index contributed by atoms with van der Waals surface area (Å²) in [6.45, 7) is 2.18. The number of nitrogens with two attached hydrogens (primary N) is 1. The zero-order valence-electron chi connectivity index (χ0n) is 13.1. The first-order valence-electron chi connectivity index (χ1n) is 8.18. The molecule has 0 saturated heterocycles. The smallest absolute Gasteiger partial charge is 0.230 e. The molecular formula is C17H24N4O. The van der Waals surface area contributed by atoms with Gasteiger partial charge in [-0.1, -0.05) is 38.3 Å². The van der Waals surface area contributed by atoms with Crippen molar-refractivity contribution in [1.29, 1.82) is 0 Å². The van der Waals surface area contributed by atoms with Gasteiger partial charge < -0.3 is 10.3 Å². The quantitative estimate of drug-likeness (QED) is 0.911. The predicted molar refractivity (Wildman–Crippen MR) is 88.7 cm³/mol. The largest absolute Gasteiger partial charge is 0.330 e. The second-order valence-electron chi connectivity index (χ2n) is 6.21. The van der Waals surface area contributed by atoms with E-state index in [9.17, 15) is 4.79 Å². The van der Waals surface area contributed by atoms with Crippen LogP contribution in [0.25, 0.3) is 11.0 Å². The molecule has 5 heteroatoms. The molecule has 1 heterocycles. The zero-order valence-corrected chi connectivity index (χ0v) is 13.1. The molecule has 0 radical (unpaired) electrons. The number of nitrogens with one attached hydrogen (secondary N) is 1. The molecule has 0 aliphatic heterocycles. The molecule has 1 saturated carbocycles. The Balaban J connectivity index is 1.98. The summed E-state index contributed by atoms with van der Waals surface area (Å²) in [5.41, 5.74) is 7.63. The minimum atomic E-state index is -0.209. The van der Waals surface area contributed by atoms with E-state index >= 15 is 0 Å². The summed E-state index contributed by atoms with van der Waals surface area (Å²) < 4.78 is 2.22. The summed E-state index contributed by atoms with van der Waals surface area (Å²) in [5, 5.41) is 2.98. The van der Waals surface area contributed by atoms with Crippen LogP contribution in [0.4, 0.5) is 5.95 Å². The van der Waals surface area contributed by atoms with Crippen LogP contribution < -0.4 is 11.1 Å². The number of hydrogen-bond donors (Lipinski definition) is 2. The normalized spacial score (nSPS) is 17.5. The minimum Gasteiger partial charge on any atom is -0.330 e. The molecule has 3 N–H and O–H groups in total. The van der Waals surface area contributed by atoms with Crippen LogP contribution >= 0.6 is 0 Å². The highest BCUT2D eigenvalue weighted by Gasteiger charge is 2.23. The van der Waals surface area contributed by atoms with Crippen LogP contribution in [-0.2, 0) is 4.79 Å². The lowest BCUT2D eigenvalue weighted by Crippen LogP contribution is -2.28. The van der Waals surface area contributed by atoms with Crippen LogP contribution in [-0.4, -0.2) is 22.0 Å². The second-order valence-corrected chi connectivity index (χ2v) is 6.21. The molecule has 1 aliphatic carbocycles. The van der Waals surface area contributed by atoms with Gasteiger partial charge in [-0.3, -0.25) is 10.1 Å². The fourth-order valence-electron chi connectivity index (χ4n) is 3.18. The van der Waals surface area contributed by atoms with Crippen LogP contribution in [0.5, 0.6) is 0 Å². The van der Waals surface area contributed by atoms with E-state index in [0.29, 0.717) is 18.5 Å². The van der Waals surface area contributed by atoms with Crippen molar-refractivity contribution in [3.63, 3.8) is 0 Å². The molecule has 3 rings (SSSR count). The first-order valence-corrected chi connectivity index (χ1v) is 8.18. The van der Waals surface area contributed by atoms with E-state index in [-0.39, 0.29) is 11.8 Å². The van der Waals surface area contributed by atoms with Crippen LogP contribution in [0.2, 0.25) is 0 Å². The third kappa shape index (κ3) is 2.86. The Morgan fingerprint density at radius 1 is 1.36 bits per heavy atom. The van der Waals surface area contributed by atoms with Crippen molar-refractivity contribution in [3.05, 3.63) is 24.3 Å². The van der Waals surface area contributed by atoms with Crippen molar-refractivity contribution in [2.45, 2.75) is 45.1 Å². The highest BCUT2D eigenvalue weighted by atomic mass is 16.2. The van der Waals surface area contributed by atoms with E-state index in [1.54, 1.807) is 0 Å². The average molecular weight is 300 g/mol. The van der Waals surface area contributed by atoms with Crippen LogP contribution in [0, 0.1) is 5.92 Å². The number of aromatic nitrogens is 2. The summed E-state index contributed by atoms with van der Waals surface area (Å²) in [7, 11) is 0. The maximum Gasteiger partial charge on any atom is 0.230 e. The standard InChI is InChI=1S/C17H24N4O/c1-12(11-18)16(22)20-17-19-14-9-5-6-10-15(14)21(17)13-7-3-2-4-8-13/h5-6,9-10,12-13H,2-4,7-8,11,18H2,1H3,(H,19,20,22). The first-order chi connectivity index (χ1) is 10.7. The number of fused-ring (bicyclic) bond motifs is 1. The lowest BCUT2D eigenvalue weighted by Gasteiger charge is -2.25. The van der Waals surface area contributed by atoms with Gasteiger partial charge in [0.05, 0.1) is 11.0 Å². The van der Waals surface area contributed by atoms with E-state index in [1.807, 2.05) is 25.1 Å². The summed E-state index contributed by atoms with van der Waals surface area (Å²) in [4.78, 5) is 16.8. The Hall–Kier alpha value is -1.88. The Morgan fingerprint density at radius 3 is 2.82 bits per heavy atom. The maximum atomic E-state index is 12.2. The van der Waals surface area contributed by atoms with Gasteiger partial charge in [-0.2, -0.15) is 0 Å². The first kappa shape index (κ1) is 15.0. The Bertz CT molecular complexity index is 658. The van der Waals surface area contributed by atoms with E-state index in [1.165, 1.54) is 19.3 Å². The summed E-state index contributed by atoms with van der Waals surface area (Å²) in [6.07, 6.45) is 6.08. The van der Waals surface area contributed by atoms with Gasteiger partial charge >= 0.3 is 0 Å². The van der Waals surface area contributed by atoms with Gasteiger partial charge in [-0.25, -0.2) is 4.98 Å². The number of benzene rings is 1. The summed E-state index contributed by atoms with van der Waals surface area (Å²) >= 11 is 0. The molecule has 22 heavy (non-hydrogen) atoms. The third-order valence-corrected chi connectivity index (χ3v) is 4.57. The predicted octanol–water partition coefficient (Wildman–Crippen LogP) is 3.07. The number of nitrogens with zero attached hydrogens (tertiary/aromatic N) is 2. The van der Waals surface area contributed by atoms with Gasteiger partial charge in [-0.15, -0.1) is 0 Å². The van der Waals surface area contributed by atoms with Crippen molar-refractivity contribution in [3.8, 4) is 0 Å². The Morgan fingerprint density at radius 2 is 2.09 bits per heavy atom. The number of imidazole rings is 1. The number of carbonyl (C=O) groups excluding carboxylic acids is 1. The molecule has 2 aromatic rings. The van der Waals surface area contributed by atoms with Crippen LogP contribution in [0.3, 0.4) is 0 Å². The van der Waals surface area contributed by atoms with Gasteiger partial charge in [0.2, 0.25) is 11.9 Å². The fourth-order valence-corrected chi connectivity index (χ4v) is 3.18. The van der Waals surface area contributed by atoms with Crippen LogP contribution in [0.15, 0.2) is 24.3 Å². The lowest BCUT2D eigenvalue weighted by atomic mass is 9.95. The number of rotatable bonds is 4. The average Bonchev–Trinajstić information content (AvgIpc) is 2.92. The SMILES string of the molecule is CC(CN)C(=O)Nc1nc2ccccc2n1C1CCCCC1. The van der Waals surface area contributed by atoms with Crippen molar-refractivity contribution in [1.82, 2.24) is 9.55 Å². The van der Waals surface area contributed by atoms with E-state index < -0.39 is 0 Å². The monoisotopic (exact) mass is 300 g/mol. The van der Waals surface area contributed by atoms with E-state index in [4.69, 9.17) is 5.73 Å². The molecule has 1 aromatic heterocycles. The van der Waals surface area contributed by atoms with E-state index in [0.717, 1.165) is 23.9 Å². The Labute approximate surface area is 130 Å². The minimum absolute atomic E-state index is 0.0603. The summed E-state index contributed by atoms with van der Waals surface area (Å²) in [6, 6.07) is 8.51. The molecule has 0 spiro atoms. The number of amides is 1. The summed E-state index contributed by atoms with van der Waals surface area (Å²) in [5.74, 6) is 0.396. The highest BCUT2D eigenvalue weighted by molar-refractivity contribution is 5.93. The number of hydrogen-bond acceptors (Lipinski definition) is 3. The van der Waals surface area contributed by atoms with Crippen molar-refractivity contribution >= 4 is 22.9 Å². The zero-order chi connectivity index (χ0) is 15.5. The molecule has 118 valence electrons. The number of carbonyl (C=O) groups is 1. The second kappa shape index (κ2) is 6.48. The molecule has 1 amide bonds. The van der Waals surface area contributed by atoms with E-state index in [2.05, 4.69) is 20.9 Å². The molecule has 1 aromatic carbocycles. The van der Waals surface area contributed by atoms with Gasteiger partial charge in [-0.05, 0) is 25.0 Å². The maximum absolute atomic E-state index is 12.2. The molecular weight excluding hydrogens is 276 g/mol. The van der Waals surface area contributed by atoms with Crippen molar-refractivity contribution < 1.29 is 4.79 Å². The Kier molecular flexibility index (Phi) is 4.43. The molecule has 0 bridgehead atoms. The van der Waals surface area contributed by atoms with Gasteiger partial charge in [0.1, 0.15) is 0 Å². The third-order valence-electron chi connectivity index (χ3n) is 4.57.